The van der Waals surface area contributed by atoms with Crippen LogP contribution in [0.5, 0.6) is 0 Å². The van der Waals surface area contributed by atoms with E-state index in [2.05, 4.69) is 0 Å². The number of rotatable bonds is 7. The van der Waals surface area contributed by atoms with Gasteiger partial charge < -0.3 is 10.2 Å². The Morgan fingerprint density at radius 3 is 1.50 bits per heavy atom. The van der Waals surface area contributed by atoms with Crippen molar-refractivity contribution in [1.82, 2.24) is 0 Å². The first kappa shape index (κ1) is 12.6. The zero-order valence-electron chi connectivity index (χ0n) is 7.69. The summed E-state index contributed by atoms with van der Waals surface area (Å²) in [4.78, 5) is 0. The van der Waals surface area contributed by atoms with Gasteiger partial charge in [0.25, 0.3) is 0 Å². The average molecular weight is 210 g/mol. The summed E-state index contributed by atoms with van der Waals surface area (Å²) in [6.45, 7) is 4.60. The minimum absolute atomic E-state index is 0.267. The summed E-state index contributed by atoms with van der Waals surface area (Å²) in [6, 6.07) is 0. The summed E-state index contributed by atoms with van der Waals surface area (Å²) in [5.74, 6) is 2.73. The van der Waals surface area contributed by atoms with E-state index in [4.69, 9.17) is 10.2 Å². The molecule has 0 bridgehead atoms. The molecule has 0 rings (SSSR count). The van der Waals surface area contributed by atoms with E-state index >= 15 is 0 Å². The van der Waals surface area contributed by atoms with Crippen molar-refractivity contribution < 1.29 is 10.2 Å². The Bertz CT molecular complexity index is 89.1. The molecule has 12 heavy (non-hydrogen) atoms. The highest BCUT2D eigenvalue weighted by molar-refractivity contribution is 8.76. The molecular weight excluding hydrogens is 192 g/mol. The van der Waals surface area contributed by atoms with Crippen LogP contribution in [0.15, 0.2) is 0 Å². The van der Waals surface area contributed by atoms with Crippen LogP contribution < -0.4 is 0 Å². The molecule has 2 N–H and O–H groups in total. The van der Waals surface area contributed by atoms with Gasteiger partial charge in [0.2, 0.25) is 0 Å². The van der Waals surface area contributed by atoms with E-state index in [1.54, 1.807) is 21.6 Å². The maximum absolute atomic E-state index is 8.73. The fraction of sp³-hybridized carbons (Fsp3) is 1.00. The maximum Gasteiger partial charge on any atom is 0.0464 e. The predicted molar refractivity (Wildman–Crippen MR) is 57.4 cm³/mol. The standard InChI is InChI=1S/C8H18O2S2/c1-7(3-9)5-11-12-6-8(2)4-10/h7-10H,3-6H2,1-2H3. The molecule has 0 amide bonds. The van der Waals surface area contributed by atoms with Crippen LogP contribution in [-0.4, -0.2) is 34.9 Å². The average Bonchev–Trinajstić information content (AvgIpc) is 2.11. The number of aliphatic hydroxyl groups is 2. The van der Waals surface area contributed by atoms with Crippen molar-refractivity contribution >= 4 is 21.6 Å². The maximum atomic E-state index is 8.73. The molecule has 74 valence electrons. The van der Waals surface area contributed by atoms with E-state index in [1.807, 2.05) is 13.8 Å². The van der Waals surface area contributed by atoms with Crippen molar-refractivity contribution in [2.24, 2.45) is 11.8 Å². The molecule has 2 unspecified atom stereocenters. The van der Waals surface area contributed by atoms with Crippen molar-refractivity contribution in [3.63, 3.8) is 0 Å². The summed E-state index contributed by atoms with van der Waals surface area (Å²) in [6.07, 6.45) is 0. The second kappa shape index (κ2) is 8.23. The monoisotopic (exact) mass is 210 g/mol. The quantitative estimate of drug-likeness (QED) is 0.495. The molecule has 0 aliphatic carbocycles. The minimum atomic E-state index is 0.267. The Labute approximate surface area is 82.5 Å². The molecule has 0 aromatic heterocycles. The summed E-state index contributed by atoms with van der Waals surface area (Å²) in [7, 11) is 3.55. The van der Waals surface area contributed by atoms with Gasteiger partial charge in [0, 0.05) is 24.7 Å². The molecule has 0 aliphatic heterocycles. The van der Waals surface area contributed by atoms with Gasteiger partial charge in [-0.05, 0) is 11.8 Å². The van der Waals surface area contributed by atoms with E-state index in [-0.39, 0.29) is 13.2 Å². The summed E-state index contributed by atoms with van der Waals surface area (Å²) >= 11 is 0. The number of hydrogen-bond acceptors (Lipinski definition) is 4. The van der Waals surface area contributed by atoms with Crippen LogP contribution in [-0.2, 0) is 0 Å². The zero-order chi connectivity index (χ0) is 9.40. The van der Waals surface area contributed by atoms with Gasteiger partial charge in [0.15, 0.2) is 0 Å². The second-order valence-corrected chi connectivity index (χ2v) is 5.70. The lowest BCUT2D eigenvalue weighted by Crippen LogP contribution is -2.04. The first-order valence-electron chi connectivity index (χ1n) is 4.16. The van der Waals surface area contributed by atoms with E-state index in [0.29, 0.717) is 11.8 Å². The SMILES string of the molecule is CC(CO)CSSCC(C)CO. The van der Waals surface area contributed by atoms with Crippen LogP contribution in [0.25, 0.3) is 0 Å². The molecule has 0 fully saturated rings. The molecule has 2 nitrogen and oxygen atoms in total. The van der Waals surface area contributed by atoms with Gasteiger partial charge in [0.1, 0.15) is 0 Å². The minimum Gasteiger partial charge on any atom is -0.396 e. The molecule has 0 aliphatic rings. The predicted octanol–water partition coefficient (Wildman–Crippen LogP) is 1.62. The van der Waals surface area contributed by atoms with Gasteiger partial charge in [-0.2, -0.15) is 0 Å². The lowest BCUT2D eigenvalue weighted by molar-refractivity contribution is 0.250. The van der Waals surface area contributed by atoms with E-state index in [1.165, 1.54) is 0 Å². The normalized spacial score (nSPS) is 16.0. The Hall–Kier alpha value is 0.620. The van der Waals surface area contributed by atoms with E-state index < -0.39 is 0 Å². The summed E-state index contributed by atoms with van der Waals surface area (Å²) in [5, 5.41) is 17.5. The van der Waals surface area contributed by atoms with Crippen LogP contribution in [0.2, 0.25) is 0 Å². The van der Waals surface area contributed by atoms with Crippen LogP contribution in [0.3, 0.4) is 0 Å². The van der Waals surface area contributed by atoms with Crippen molar-refractivity contribution in [1.29, 1.82) is 0 Å². The fourth-order valence-corrected chi connectivity index (χ4v) is 3.27. The van der Waals surface area contributed by atoms with Gasteiger partial charge in [-0.25, -0.2) is 0 Å². The lowest BCUT2D eigenvalue weighted by atomic mass is 10.2. The fourth-order valence-electron chi connectivity index (χ4n) is 0.434. The van der Waals surface area contributed by atoms with Gasteiger partial charge in [-0.15, -0.1) is 0 Å². The van der Waals surface area contributed by atoms with Crippen molar-refractivity contribution in [2.45, 2.75) is 13.8 Å². The molecule has 4 heteroatoms. The summed E-state index contributed by atoms with van der Waals surface area (Å²) < 4.78 is 0. The van der Waals surface area contributed by atoms with Crippen LogP contribution in [0.1, 0.15) is 13.8 Å². The number of aliphatic hydroxyl groups excluding tert-OH is 2. The van der Waals surface area contributed by atoms with Crippen molar-refractivity contribution in [3.05, 3.63) is 0 Å². The van der Waals surface area contributed by atoms with Gasteiger partial charge in [-0.1, -0.05) is 35.4 Å². The summed E-state index contributed by atoms with van der Waals surface area (Å²) in [5.41, 5.74) is 0. The number of hydrogen-bond donors (Lipinski definition) is 2. The largest absolute Gasteiger partial charge is 0.396 e. The smallest absolute Gasteiger partial charge is 0.0464 e. The molecule has 0 saturated heterocycles. The molecule has 0 spiro atoms. The zero-order valence-corrected chi connectivity index (χ0v) is 9.33. The first-order chi connectivity index (χ1) is 5.70. The van der Waals surface area contributed by atoms with Crippen molar-refractivity contribution in [3.8, 4) is 0 Å². The molecule has 0 heterocycles. The molecule has 0 aromatic rings. The Morgan fingerprint density at radius 2 is 1.25 bits per heavy atom. The third kappa shape index (κ3) is 7.28. The molecule has 2 atom stereocenters. The highest BCUT2D eigenvalue weighted by Gasteiger charge is 2.02. The highest BCUT2D eigenvalue weighted by atomic mass is 33.1. The highest BCUT2D eigenvalue weighted by Crippen LogP contribution is 2.25. The van der Waals surface area contributed by atoms with Crippen LogP contribution in [0, 0.1) is 11.8 Å². The Morgan fingerprint density at radius 1 is 0.917 bits per heavy atom. The van der Waals surface area contributed by atoms with Crippen molar-refractivity contribution in [2.75, 3.05) is 24.7 Å². The molecule has 0 aromatic carbocycles. The lowest BCUT2D eigenvalue weighted by Gasteiger charge is -2.08. The third-order valence-corrected chi connectivity index (χ3v) is 4.31. The Balaban J connectivity index is 3.10. The van der Waals surface area contributed by atoms with Gasteiger partial charge >= 0.3 is 0 Å². The second-order valence-electron chi connectivity index (χ2n) is 3.14. The molecule has 0 radical (unpaired) electrons. The van der Waals surface area contributed by atoms with Gasteiger partial charge in [-0.3, -0.25) is 0 Å². The topological polar surface area (TPSA) is 40.5 Å². The third-order valence-electron chi connectivity index (χ3n) is 1.41. The van der Waals surface area contributed by atoms with Crippen LogP contribution >= 0.6 is 21.6 Å². The van der Waals surface area contributed by atoms with E-state index in [9.17, 15) is 0 Å². The van der Waals surface area contributed by atoms with E-state index in [0.717, 1.165) is 11.5 Å². The van der Waals surface area contributed by atoms with Gasteiger partial charge in [0.05, 0.1) is 0 Å². The molecular formula is C8H18O2S2. The molecule has 0 saturated carbocycles. The Kier molecular flexibility index (Phi) is 8.65. The van der Waals surface area contributed by atoms with Crippen LogP contribution in [0.4, 0.5) is 0 Å². The first-order valence-corrected chi connectivity index (χ1v) is 6.65.